The van der Waals surface area contributed by atoms with Crippen LogP contribution in [0.25, 0.3) is 0 Å². The van der Waals surface area contributed by atoms with E-state index in [9.17, 15) is 4.79 Å². The molecule has 0 saturated carbocycles. The van der Waals surface area contributed by atoms with Crippen molar-refractivity contribution in [2.75, 3.05) is 13.1 Å². The summed E-state index contributed by atoms with van der Waals surface area (Å²) in [5.41, 5.74) is 1.29. The molecule has 0 saturated heterocycles. The molecule has 1 aromatic carbocycles. The summed E-state index contributed by atoms with van der Waals surface area (Å²) in [5, 5.41) is 7.57. The Balaban J connectivity index is 2.33. The second-order valence-corrected chi connectivity index (χ2v) is 10.7. The molecule has 0 aliphatic rings. The first kappa shape index (κ1) is 14.9. The zero-order chi connectivity index (χ0) is 13.6. The normalized spacial score (nSPS) is 11.3. The van der Waals surface area contributed by atoms with E-state index in [1.165, 1.54) is 17.7 Å². The van der Waals surface area contributed by atoms with Gasteiger partial charge >= 0.3 is 0 Å². The lowest BCUT2D eigenvalue weighted by atomic mass is 10.2. The van der Waals surface area contributed by atoms with E-state index in [0.29, 0.717) is 6.54 Å². The molecule has 0 radical (unpaired) electrons. The van der Waals surface area contributed by atoms with Gasteiger partial charge in [-0.05, 0) is 5.56 Å². The highest BCUT2D eigenvalue weighted by atomic mass is 28.3. The van der Waals surface area contributed by atoms with Gasteiger partial charge in [0.15, 0.2) is 0 Å². The summed E-state index contributed by atoms with van der Waals surface area (Å²) in [4.78, 5) is 10.7. The number of nitrogens with one attached hydrogen (secondary N) is 2. The van der Waals surface area contributed by atoms with Crippen LogP contribution in [0.15, 0.2) is 24.3 Å². The molecule has 0 bridgehead atoms. The number of hydrogen-bond donors (Lipinski definition) is 2. The van der Waals surface area contributed by atoms with Gasteiger partial charge in [-0.2, -0.15) is 0 Å². The van der Waals surface area contributed by atoms with Crippen LogP contribution in [0.1, 0.15) is 12.5 Å². The third-order valence-electron chi connectivity index (χ3n) is 2.82. The zero-order valence-electron chi connectivity index (χ0n) is 11.8. The Labute approximate surface area is 111 Å². The van der Waals surface area contributed by atoms with E-state index < -0.39 is 8.07 Å². The summed E-state index contributed by atoms with van der Waals surface area (Å²) in [5.74, 6) is 0.0243. The maximum atomic E-state index is 10.7. The molecule has 3 nitrogen and oxygen atoms in total. The van der Waals surface area contributed by atoms with Crippen LogP contribution in [0, 0.1) is 0 Å². The van der Waals surface area contributed by atoms with Crippen molar-refractivity contribution in [1.29, 1.82) is 0 Å². The summed E-state index contributed by atoms with van der Waals surface area (Å²) < 4.78 is 0. The molecule has 0 aliphatic carbocycles. The predicted octanol–water partition coefficient (Wildman–Crippen LogP) is 1.46. The molecular formula is C14H24N2OSi. The summed E-state index contributed by atoms with van der Waals surface area (Å²) in [6.07, 6.45) is 0. The first-order valence-corrected chi connectivity index (χ1v) is 9.94. The van der Waals surface area contributed by atoms with Crippen LogP contribution >= 0.6 is 0 Å². The Morgan fingerprint density at radius 2 is 1.72 bits per heavy atom. The first-order chi connectivity index (χ1) is 8.39. The Hall–Kier alpha value is -1.13. The van der Waals surface area contributed by atoms with E-state index >= 15 is 0 Å². The van der Waals surface area contributed by atoms with Gasteiger partial charge in [0, 0.05) is 26.6 Å². The second kappa shape index (κ2) is 6.71. The minimum Gasteiger partial charge on any atom is -0.355 e. The number of carbonyl (C=O) groups excluding carboxylic acids is 1. The van der Waals surface area contributed by atoms with Gasteiger partial charge in [-0.15, -0.1) is 0 Å². The van der Waals surface area contributed by atoms with Gasteiger partial charge in [0.05, 0.1) is 8.07 Å². The van der Waals surface area contributed by atoms with E-state index in [2.05, 4.69) is 54.5 Å². The van der Waals surface area contributed by atoms with Crippen LogP contribution in [0.4, 0.5) is 0 Å². The predicted molar refractivity (Wildman–Crippen MR) is 79.8 cm³/mol. The molecule has 0 fully saturated rings. The molecule has 4 heteroatoms. The van der Waals surface area contributed by atoms with Gasteiger partial charge in [-0.25, -0.2) is 0 Å². The van der Waals surface area contributed by atoms with Gasteiger partial charge in [0.2, 0.25) is 5.91 Å². The van der Waals surface area contributed by atoms with Crippen LogP contribution in [0.3, 0.4) is 0 Å². The Morgan fingerprint density at radius 3 is 2.22 bits per heavy atom. The Bertz CT molecular complexity index is 382. The topological polar surface area (TPSA) is 41.1 Å². The largest absolute Gasteiger partial charge is 0.355 e. The minimum atomic E-state index is -1.18. The van der Waals surface area contributed by atoms with Crippen molar-refractivity contribution in [3.63, 3.8) is 0 Å². The van der Waals surface area contributed by atoms with E-state index in [1.54, 1.807) is 0 Å². The molecule has 1 amide bonds. The fraction of sp³-hybridized carbons (Fsp3) is 0.500. The van der Waals surface area contributed by atoms with Gasteiger partial charge < -0.3 is 10.6 Å². The Morgan fingerprint density at radius 1 is 1.11 bits per heavy atom. The van der Waals surface area contributed by atoms with Gasteiger partial charge in [-0.1, -0.05) is 49.1 Å². The lowest BCUT2D eigenvalue weighted by Crippen LogP contribution is -2.37. The van der Waals surface area contributed by atoms with Crippen molar-refractivity contribution in [2.45, 2.75) is 33.1 Å². The fourth-order valence-electron chi connectivity index (χ4n) is 1.68. The second-order valence-electron chi connectivity index (χ2n) is 5.61. The fourth-order valence-corrected chi connectivity index (χ4v) is 2.85. The van der Waals surface area contributed by atoms with Crippen molar-refractivity contribution in [2.24, 2.45) is 0 Å². The van der Waals surface area contributed by atoms with Gasteiger partial charge in [0.1, 0.15) is 0 Å². The molecule has 1 aromatic rings. The minimum absolute atomic E-state index is 0.0243. The average Bonchev–Trinajstić information content (AvgIpc) is 2.27. The molecule has 0 aliphatic heterocycles. The van der Waals surface area contributed by atoms with E-state index in [4.69, 9.17) is 0 Å². The first-order valence-electron chi connectivity index (χ1n) is 6.44. The van der Waals surface area contributed by atoms with E-state index in [0.717, 1.165) is 13.1 Å². The van der Waals surface area contributed by atoms with Crippen LogP contribution < -0.4 is 15.8 Å². The van der Waals surface area contributed by atoms with Crippen LogP contribution in [-0.4, -0.2) is 27.1 Å². The van der Waals surface area contributed by atoms with E-state index in [1.807, 2.05) is 0 Å². The number of amides is 1. The van der Waals surface area contributed by atoms with Crippen molar-refractivity contribution in [3.8, 4) is 0 Å². The number of rotatable bonds is 6. The maximum Gasteiger partial charge on any atom is 0.216 e. The standard InChI is InChI=1S/C14H24N2OSi/c1-12(17)16-10-9-15-11-13-5-7-14(8-6-13)18(2,3)4/h5-8,15H,9-11H2,1-4H3,(H,16,17). The average molecular weight is 264 g/mol. The highest BCUT2D eigenvalue weighted by molar-refractivity contribution is 6.88. The molecule has 0 spiro atoms. The van der Waals surface area contributed by atoms with Gasteiger partial charge in [0.25, 0.3) is 0 Å². The highest BCUT2D eigenvalue weighted by Gasteiger charge is 2.15. The molecule has 2 N–H and O–H groups in total. The lowest BCUT2D eigenvalue weighted by Gasteiger charge is -2.16. The third kappa shape index (κ3) is 5.47. The summed E-state index contributed by atoms with van der Waals surface area (Å²) >= 11 is 0. The zero-order valence-corrected chi connectivity index (χ0v) is 12.8. The molecule has 100 valence electrons. The maximum absolute atomic E-state index is 10.7. The molecule has 0 unspecified atom stereocenters. The SMILES string of the molecule is CC(=O)NCCNCc1ccc([Si](C)(C)C)cc1. The quantitative estimate of drug-likeness (QED) is 0.603. The van der Waals surface area contributed by atoms with Crippen LogP contribution in [0.5, 0.6) is 0 Å². The Kier molecular flexibility index (Phi) is 5.56. The number of hydrogen-bond acceptors (Lipinski definition) is 2. The third-order valence-corrected chi connectivity index (χ3v) is 4.89. The van der Waals surface area contributed by atoms with Gasteiger partial charge in [-0.3, -0.25) is 4.79 Å². The molecule has 18 heavy (non-hydrogen) atoms. The van der Waals surface area contributed by atoms with Crippen molar-refractivity contribution >= 4 is 19.2 Å². The molecular weight excluding hydrogens is 240 g/mol. The number of carbonyl (C=O) groups is 1. The van der Waals surface area contributed by atoms with Crippen molar-refractivity contribution < 1.29 is 4.79 Å². The lowest BCUT2D eigenvalue weighted by molar-refractivity contribution is -0.118. The highest BCUT2D eigenvalue weighted by Crippen LogP contribution is 2.04. The van der Waals surface area contributed by atoms with E-state index in [-0.39, 0.29) is 5.91 Å². The summed E-state index contributed by atoms with van der Waals surface area (Å²) in [6.45, 7) is 10.9. The van der Waals surface area contributed by atoms with Crippen molar-refractivity contribution in [1.82, 2.24) is 10.6 Å². The molecule has 0 atom stereocenters. The summed E-state index contributed by atoms with van der Waals surface area (Å²) in [6, 6.07) is 8.88. The monoisotopic (exact) mass is 264 g/mol. The van der Waals surface area contributed by atoms with Crippen molar-refractivity contribution in [3.05, 3.63) is 29.8 Å². The number of benzene rings is 1. The molecule has 0 aromatic heterocycles. The molecule has 1 rings (SSSR count). The summed E-state index contributed by atoms with van der Waals surface area (Å²) in [7, 11) is -1.18. The smallest absolute Gasteiger partial charge is 0.216 e. The molecule has 0 heterocycles. The van der Waals surface area contributed by atoms with Crippen LogP contribution in [-0.2, 0) is 11.3 Å². The van der Waals surface area contributed by atoms with Crippen LogP contribution in [0.2, 0.25) is 19.6 Å².